The summed E-state index contributed by atoms with van der Waals surface area (Å²) in [4.78, 5) is 5.50. The van der Waals surface area contributed by atoms with Gasteiger partial charge in [0, 0.05) is 6.07 Å². The van der Waals surface area contributed by atoms with Gasteiger partial charge in [-0.15, -0.1) is 0 Å². The fourth-order valence-corrected chi connectivity index (χ4v) is 2.36. The van der Waals surface area contributed by atoms with E-state index in [1.807, 2.05) is 31.2 Å². The molecule has 0 saturated heterocycles. The minimum atomic E-state index is -0.631. The average molecular weight is 371 g/mol. The zero-order valence-electron chi connectivity index (χ0n) is 14.7. The molecule has 6 heteroatoms. The number of halogens is 2. The summed E-state index contributed by atoms with van der Waals surface area (Å²) in [6.07, 6.45) is 0. The van der Waals surface area contributed by atoms with E-state index in [4.69, 9.17) is 14.3 Å². The van der Waals surface area contributed by atoms with Crippen molar-refractivity contribution in [1.29, 1.82) is 0 Å². The molecule has 0 atom stereocenters. The van der Waals surface area contributed by atoms with E-state index >= 15 is 0 Å². The Bertz CT molecular complexity index is 865. The average Bonchev–Trinajstić information content (AvgIpc) is 2.67. The second-order valence-corrected chi connectivity index (χ2v) is 5.63. The Morgan fingerprint density at radius 3 is 2.15 bits per heavy atom. The summed E-state index contributed by atoms with van der Waals surface area (Å²) in [5, 5.41) is 0. The van der Waals surface area contributed by atoms with Gasteiger partial charge in [-0.1, -0.05) is 12.1 Å². The van der Waals surface area contributed by atoms with Crippen LogP contribution < -0.4 is 19.8 Å². The third kappa shape index (κ3) is 5.10. The molecule has 0 fully saturated rings. The maximum Gasteiger partial charge on any atom is 0.155 e. The van der Waals surface area contributed by atoms with Crippen molar-refractivity contribution in [3.63, 3.8) is 0 Å². The predicted molar refractivity (Wildman–Crippen MR) is 99.0 cm³/mol. The fraction of sp³-hybridized carbons (Fsp3) is 0.143. The Labute approximate surface area is 156 Å². The first kappa shape index (κ1) is 18.5. The van der Waals surface area contributed by atoms with Crippen LogP contribution in [0.5, 0.6) is 17.2 Å². The lowest BCUT2D eigenvalue weighted by atomic mass is 10.2. The molecule has 0 saturated carbocycles. The Balaban J connectivity index is 1.55. The molecular formula is C21H19F2NO3. The molecule has 0 bridgehead atoms. The van der Waals surface area contributed by atoms with Gasteiger partial charge >= 0.3 is 0 Å². The van der Waals surface area contributed by atoms with Crippen LogP contribution in [0.4, 0.5) is 14.5 Å². The molecule has 4 nitrogen and oxygen atoms in total. The molecule has 3 aromatic carbocycles. The van der Waals surface area contributed by atoms with E-state index in [2.05, 4.69) is 5.48 Å². The van der Waals surface area contributed by atoms with E-state index in [-0.39, 0.29) is 12.2 Å². The summed E-state index contributed by atoms with van der Waals surface area (Å²) in [7, 11) is 0. The zero-order valence-corrected chi connectivity index (χ0v) is 14.7. The van der Waals surface area contributed by atoms with Gasteiger partial charge in [0.15, 0.2) is 5.75 Å². The highest BCUT2D eigenvalue weighted by molar-refractivity contribution is 5.47. The lowest BCUT2D eigenvalue weighted by Crippen LogP contribution is -2.05. The normalized spacial score (nSPS) is 10.3. The minimum absolute atomic E-state index is 0.103. The first-order chi connectivity index (χ1) is 13.2. The van der Waals surface area contributed by atoms with E-state index in [0.29, 0.717) is 18.1 Å². The van der Waals surface area contributed by atoms with Crippen molar-refractivity contribution < 1.29 is 23.1 Å². The molecule has 3 rings (SSSR count). The molecule has 0 radical (unpaired) electrons. The van der Waals surface area contributed by atoms with Gasteiger partial charge in [0.2, 0.25) is 0 Å². The molecule has 0 amide bonds. The molecule has 0 spiro atoms. The smallest absolute Gasteiger partial charge is 0.155 e. The van der Waals surface area contributed by atoms with Crippen molar-refractivity contribution >= 4 is 5.69 Å². The lowest BCUT2D eigenvalue weighted by molar-refractivity contribution is 0.292. The summed E-state index contributed by atoms with van der Waals surface area (Å²) in [6.45, 7) is 2.31. The number of ether oxygens (including phenoxy) is 2. The van der Waals surface area contributed by atoms with E-state index < -0.39 is 11.6 Å². The summed E-state index contributed by atoms with van der Waals surface area (Å²) in [5.41, 5.74) is 3.48. The van der Waals surface area contributed by atoms with Crippen molar-refractivity contribution in [1.82, 2.24) is 0 Å². The van der Waals surface area contributed by atoms with Crippen molar-refractivity contribution in [2.24, 2.45) is 0 Å². The highest BCUT2D eigenvalue weighted by atomic mass is 19.1. The van der Waals surface area contributed by atoms with E-state index in [0.717, 1.165) is 11.4 Å². The quantitative estimate of drug-likeness (QED) is 0.542. The van der Waals surface area contributed by atoms with Gasteiger partial charge in [-0.2, -0.15) is 0 Å². The van der Waals surface area contributed by atoms with Gasteiger partial charge in [-0.3, -0.25) is 0 Å². The first-order valence-corrected chi connectivity index (χ1v) is 8.47. The largest absolute Gasteiger partial charge is 0.494 e. The molecule has 27 heavy (non-hydrogen) atoms. The van der Waals surface area contributed by atoms with Gasteiger partial charge in [0.25, 0.3) is 0 Å². The van der Waals surface area contributed by atoms with Crippen LogP contribution in [0.1, 0.15) is 12.5 Å². The van der Waals surface area contributed by atoms with Gasteiger partial charge in [0.05, 0.1) is 17.9 Å². The van der Waals surface area contributed by atoms with Crippen molar-refractivity contribution in [3.05, 3.63) is 83.9 Å². The van der Waals surface area contributed by atoms with Crippen LogP contribution in [0.25, 0.3) is 0 Å². The molecule has 0 aliphatic heterocycles. The molecule has 3 aromatic rings. The third-order valence-corrected chi connectivity index (χ3v) is 3.70. The highest BCUT2D eigenvalue weighted by Crippen LogP contribution is 2.22. The van der Waals surface area contributed by atoms with Crippen LogP contribution in [-0.4, -0.2) is 6.61 Å². The summed E-state index contributed by atoms with van der Waals surface area (Å²) in [6, 6.07) is 17.8. The van der Waals surface area contributed by atoms with Crippen molar-refractivity contribution in [2.75, 3.05) is 12.1 Å². The number of hydrogen-bond acceptors (Lipinski definition) is 4. The number of hydrogen-bond donors (Lipinski definition) is 1. The summed E-state index contributed by atoms with van der Waals surface area (Å²) < 4.78 is 38.1. The Morgan fingerprint density at radius 1 is 0.778 bits per heavy atom. The predicted octanol–water partition coefficient (Wildman–Crippen LogP) is 5.35. The summed E-state index contributed by atoms with van der Waals surface area (Å²) >= 11 is 0. The molecule has 0 heterocycles. The van der Waals surface area contributed by atoms with Gasteiger partial charge < -0.3 is 14.3 Å². The van der Waals surface area contributed by atoms with Gasteiger partial charge in [-0.25, -0.2) is 14.3 Å². The second kappa shape index (κ2) is 8.89. The van der Waals surface area contributed by atoms with E-state index in [1.165, 1.54) is 18.2 Å². The van der Waals surface area contributed by atoms with Crippen LogP contribution in [-0.2, 0) is 6.61 Å². The molecule has 0 aliphatic carbocycles. The molecule has 140 valence electrons. The number of benzene rings is 3. The minimum Gasteiger partial charge on any atom is -0.494 e. The van der Waals surface area contributed by atoms with E-state index in [9.17, 15) is 8.78 Å². The maximum atomic E-state index is 13.6. The lowest BCUT2D eigenvalue weighted by Gasteiger charge is -2.11. The van der Waals surface area contributed by atoms with Crippen LogP contribution in [0.3, 0.4) is 0 Å². The van der Waals surface area contributed by atoms with Crippen LogP contribution in [0.2, 0.25) is 0 Å². The maximum absolute atomic E-state index is 13.6. The SMILES string of the molecule is CCOc1cccc(NOc2ccc(OCc3c(F)cccc3F)cc2)c1. The van der Waals surface area contributed by atoms with Crippen molar-refractivity contribution in [3.8, 4) is 17.2 Å². The Kier molecular flexibility index (Phi) is 6.10. The van der Waals surface area contributed by atoms with Crippen molar-refractivity contribution in [2.45, 2.75) is 13.5 Å². The van der Waals surface area contributed by atoms with Crippen LogP contribution in [0, 0.1) is 11.6 Å². The zero-order chi connectivity index (χ0) is 19.1. The van der Waals surface area contributed by atoms with E-state index in [1.54, 1.807) is 24.3 Å². The molecular weight excluding hydrogens is 352 g/mol. The molecule has 1 N–H and O–H groups in total. The summed E-state index contributed by atoms with van der Waals surface area (Å²) in [5.74, 6) is 0.515. The van der Waals surface area contributed by atoms with Gasteiger partial charge in [0.1, 0.15) is 29.7 Å². The fourth-order valence-electron chi connectivity index (χ4n) is 2.36. The number of anilines is 1. The molecule has 0 unspecified atom stereocenters. The Hall–Kier alpha value is -3.28. The van der Waals surface area contributed by atoms with Crippen LogP contribution in [0.15, 0.2) is 66.7 Å². The highest BCUT2D eigenvalue weighted by Gasteiger charge is 2.09. The third-order valence-electron chi connectivity index (χ3n) is 3.70. The van der Waals surface area contributed by atoms with Gasteiger partial charge in [-0.05, 0) is 55.5 Å². The first-order valence-electron chi connectivity index (χ1n) is 8.47. The van der Waals surface area contributed by atoms with Crippen LogP contribution >= 0.6 is 0 Å². The number of rotatable bonds is 8. The molecule has 0 aromatic heterocycles. The molecule has 0 aliphatic rings. The number of nitrogens with one attached hydrogen (secondary N) is 1. The topological polar surface area (TPSA) is 39.7 Å². The second-order valence-electron chi connectivity index (χ2n) is 5.63. The monoisotopic (exact) mass is 371 g/mol. The standard InChI is InChI=1S/C21H19F2NO3/c1-2-25-18-6-3-5-15(13-18)24-27-17-11-9-16(10-12-17)26-14-19-20(22)7-4-8-21(19)23/h3-13,24H,2,14H2,1H3. The Morgan fingerprint density at radius 2 is 1.44 bits per heavy atom.